The van der Waals surface area contributed by atoms with E-state index in [2.05, 4.69) is 15.0 Å². The second kappa shape index (κ2) is 9.81. The summed E-state index contributed by atoms with van der Waals surface area (Å²) >= 11 is 0. The summed E-state index contributed by atoms with van der Waals surface area (Å²) in [7, 11) is 0. The zero-order chi connectivity index (χ0) is 24.4. The Bertz CT molecular complexity index is 1250. The zero-order valence-electron chi connectivity index (χ0n) is 19.5. The van der Waals surface area contributed by atoms with Crippen molar-refractivity contribution in [3.63, 3.8) is 0 Å². The third-order valence-electron chi connectivity index (χ3n) is 6.57. The number of likely N-dealkylation sites (tertiary alicyclic amines) is 1. The van der Waals surface area contributed by atoms with E-state index in [1.165, 1.54) is 11.1 Å². The third-order valence-corrected chi connectivity index (χ3v) is 6.57. The third kappa shape index (κ3) is 4.36. The number of rotatable bonds is 6. The molecule has 9 heteroatoms. The fourth-order valence-corrected chi connectivity index (χ4v) is 4.69. The molecule has 5 rings (SSSR count). The molecule has 2 saturated heterocycles. The number of aliphatic hydroxyl groups is 1. The van der Waals surface area contributed by atoms with Gasteiger partial charge in [0.25, 0.3) is 11.7 Å². The van der Waals surface area contributed by atoms with Crippen LogP contribution in [-0.4, -0.2) is 80.8 Å². The van der Waals surface area contributed by atoms with Crippen LogP contribution in [0.5, 0.6) is 0 Å². The van der Waals surface area contributed by atoms with Crippen molar-refractivity contribution in [1.29, 1.82) is 0 Å². The van der Waals surface area contributed by atoms with Gasteiger partial charge in [0.15, 0.2) is 0 Å². The summed E-state index contributed by atoms with van der Waals surface area (Å²) in [4.78, 5) is 34.4. The minimum Gasteiger partial charge on any atom is -0.507 e. The second-order valence-corrected chi connectivity index (χ2v) is 8.62. The van der Waals surface area contributed by atoms with Gasteiger partial charge in [-0.05, 0) is 30.7 Å². The molecule has 2 aliphatic rings. The largest absolute Gasteiger partial charge is 0.507 e. The van der Waals surface area contributed by atoms with E-state index in [-0.39, 0.29) is 11.3 Å². The number of pyridine rings is 1. The molecule has 1 aromatic carbocycles. The molecule has 2 aliphatic heterocycles. The van der Waals surface area contributed by atoms with Crippen LogP contribution >= 0.6 is 0 Å². The Morgan fingerprint density at radius 1 is 1.06 bits per heavy atom. The molecular weight excluding hydrogens is 446 g/mol. The number of carbonyl (C=O) groups is 2. The number of Topliss-reactive ketones (excluding diaryl/α,β-unsaturated/α-hetero) is 1. The van der Waals surface area contributed by atoms with E-state index >= 15 is 0 Å². The van der Waals surface area contributed by atoms with Crippen molar-refractivity contribution in [1.82, 2.24) is 24.6 Å². The van der Waals surface area contributed by atoms with Crippen molar-refractivity contribution >= 4 is 17.4 Å². The maximum atomic E-state index is 13.3. The Morgan fingerprint density at radius 2 is 1.83 bits per heavy atom. The monoisotopic (exact) mass is 473 g/mol. The van der Waals surface area contributed by atoms with Gasteiger partial charge >= 0.3 is 0 Å². The maximum absolute atomic E-state index is 13.3. The Balaban J connectivity index is 1.54. The van der Waals surface area contributed by atoms with Crippen LogP contribution in [0.1, 0.15) is 22.9 Å². The fourth-order valence-electron chi connectivity index (χ4n) is 4.69. The van der Waals surface area contributed by atoms with Crippen LogP contribution in [0.15, 0.2) is 66.6 Å². The molecule has 1 unspecified atom stereocenters. The van der Waals surface area contributed by atoms with E-state index in [9.17, 15) is 14.7 Å². The Kier molecular flexibility index (Phi) is 6.43. The first kappa shape index (κ1) is 22.9. The van der Waals surface area contributed by atoms with Crippen molar-refractivity contribution in [2.24, 2.45) is 0 Å². The molecule has 0 bridgehead atoms. The highest BCUT2D eigenvalue weighted by Gasteiger charge is 2.46. The van der Waals surface area contributed by atoms with E-state index in [4.69, 9.17) is 4.74 Å². The molecule has 1 N–H and O–H groups in total. The number of amides is 1. The van der Waals surface area contributed by atoms with Gasteiger partial charge in [-0.1, -0.05) is 24.3 Å². The fraction of sp³-hybridized carbons (Fsp3) is 0.308. The van der Waals surface area contributed by atoms with Crippen LogP contribution in [0.25, 0.3) is 11.4 Å². The highest BCUT2D eigenvalue weighted by atomic mass is 16.5. The number of aliphatic hydroxyl groups excluding tert-OH is 1. The number of carbonyl (C=O) groups excluding carboxylic acids is 2. The number of hydrogen-bond donors (Lipinski definition) is 1. The summed E-state index contributed by atoms with van der Waals surface area (Å²) in [6.07, 6.45) is 4.79. The van der Waals surface area contributed by atoms with Gasteiger partial charge in [-0.3, -0.25) is 19.5 Å². The quantitative estimate of drug-likeness (QED) is 0.333. The number of nitrogens with zero attached hydrogens (tertiary/aromatic N) is 5. The summed E-state index contributed by atoms with van der Waals surface area (Å²) in [5.41, 5.74) is 2.63. The Hall–Kier alpha value is -3.82. The average Bonchev–Trinajstić information content (AvgIpc) is 3.41. The van der Waals surface area contributed by atoms with E-state index < -0.39 is 17.7 Å². The van der Waals surface area contributed by atoms with Gasteiger partial charge in [0.2, 0.25) is 0 Å². The van der Waals surface area contributed by atoms with Crippen molar-refractivity contribution < 1.29 is 19.4 Å². The van der Waals surface area contributed by atoms with Gasteiger partial charge in [-0.25, -0.2) is 4.68 Å². The molecule has 0 aliphatic carbocycles. The molecular formula is C26H27N5O4. The molecule has 0 radical (unpaired) electrons. The summed E-state index contributed by atoms with van der Waals surface area (Å²) < 4.78 is 7.11. The predicted molar refractivity (Wildman–Crippen MR) is 129 cm³/mol. The molecule has 4 heterocycles. The number of hydrogen-bond acceptors (Lipinski definition) is 7. The second-order valence-electron chi connectivity index (χ2n) is 8.62. The van der Waals surface area contributed by atoms with Crippen molar-refractivity contribution in [3.05, 3.63) is 83.4 Å². The predicted octanol–water partition coefficient (Wildman–Crippen LogP) is 2.33. The first-order chi connectivity index (χ1) is 17.1. The van der Waals surface area contributed by atoms with Gasteiger partial charge in [-0.2, -0.15) is 5.10 Å². The molecule has 2 aromatic heterocycles. The number of ketones is 1. The van der Waals surface area contributed by atoms with Crippen LogP contribution in [0, 0.1) is 6.92 Å². The van der Waals surface area contributed by atoms with E-state index in [0.717, 1.165) is 18.8 Å². The van der Waals surface area contributed by atoms with Gasteiger partial charge in [0.1, 0.15) is 5.76 Å². The first-order valence-corrected chi connectivity index (χ1v) is 11.6. The van der Waals surface area contributed by atoms with E-state index in [1.807, 2.05) is 43.3 Å². The maximum Gasteiger partial charge on any atom is 0.295 e. The minimum atomic E-state index is -0.732. The Morgan fingerprint density at radius 3 is 2.54 bits per heavy atom. The van der Waals surface area contributed by atoms with Crippen molar-refractivity contribution in [3.8, 4) is 5.69 Å². The van der Waals surface area contributed by atoms with Crippen molar-refractivity contribution in [2.75, 3.05) is 39.4 Å². The smallest absolute Gasteiger partial charge is 0.295 e. The number of aromatic nitrogens is 3. The van der Waals surface area contributed by atoms with Gasteiger partial charge in [-0.15, -0.1) is 0 Å². The number of benzene rings is 1. The summed E-state index contributed by atoms with van der Waals surface area (Å²) in [6, 6.07) is 12.4. The number of para-hydroxylation sites is 1. The highest BCUT2D eigenvalue weighted by Crippen LogP contribution is 2.39. The lowest BCUT2D eigenvalue weighted by Gasteiger charge is -2.30. The van der Waals surface area contributed by atoms with Crippen LogP contribution in [0.2, 0.25) is 0 Å². The number of ether oxygens (including phenoxy) is 1. The van der Waals surface area contributed by atoms with Crippen LogP contribution in [0.3, 0.4) is 0 Å². The van der Waals surface area contributed by atoms with Gasteiger partial charge in [0, 0.05) is 38.6 Å². The zero-order valence-corrected chi connectivity index (χ0v) is 19.5. The number of morpholine rings is 1. The molecule has 2 fully saturated rings. The molecule has 1 atom stereocenters. The highest BCUT2D eigenvalue weighted by molar-refractivity contribution is 6.46. The molecule has 35 heavy (non-hydrogen) atoms. The summed E-state index contributed by atoms with van der Waals surface area (Å²) in [6.45, 7) is 5.63. The van der Waals surface area contributed by atoms with Crippen LogP contribution in [0.4, 0.5) is 0 Å². The molecule has 1 amide bonds. The van der Waals surface area contributed by atoms with Crippen molar-refractivity contribution in [2.45, 2.75) is 13.0 Å². The van der Waals surface area contributed by atoms with Crippen LogP contribution in [-0.2, 0) is 14.3 Å². The lowest BCUT2D eigenvalue weighted by Crippen LogP contribution is -2.42. The lowest BCUT2D eigenvalue weighted by atomic mass is 9.96. The van der Waals surface area contributed by atoms with Crippen LogP contribution < -0.4 is 0 Å². The van der Waals surface area contributed by atoms with Gasteiger partial charge in [0.05, 0.1) is 48.0 Å². The first-order valence-electron chi connectivity index (χ1n) is 11.6. The van der Waals surface area contributed by atoms with E-state index in [1.54, 1.807) is 23.1 Å². The average molecular weight is 474 g/mol. The normalized spacial score (nSPS) is 20.5. The Labute approximate surface area is 203 Å². The molecule has 0 spiro atoms. The molecule has 180 valence electrons. The summed E-state index contributed by atoms with van der Waals surface area (Å²) in [5, 5.41) is 15.8. The molecule has 3 aromatic rings. The van der Waals surface area contributed by atoms with Gasteiger partial charge < -0.3 is 14.7 Å². The molecule has 9 nitrogen and oxygen atoms in total. The lowest BCUT2D eigenvalue weighted by molar-refractivity contribution is -0.140. The van der Waals surface area contributed by atoms with E-state index in [0.29, 0.717) is 43.1 Å². The minimum absolute atomic E-state index is 0.0562. The SMILES string of the molecule is Cc1c(C(O)=C2C(=O)C(=O)N(CCN3CCOCC3)C2c2cccnc2)cnn1-c1ccccc1. The summed E-state index contributed by atoms with van der Waals surface area (Å²) in [5.74, 6) is -1.56. The molecule has 0 saturated carbocycles. The topological polar surface area (TPSA) is 101 Å². The standard InChI is InChI=1S/C26H27N5O4/c1-18-21(17-28-31(18)20-7-3-2-4-8-20)24(32)22-23(19-6-5-9-27-16-19)30(26(34)25(22)33)11-10-29-12-14-35-15-13-29/h2-9,16-17,23,32H,10-15H2,1H3.